The molecule has 2 amide bonds. The lowest BCUT2D eigenvalue weighted by Gasteiger charge is -2.33. The molecule has 0 spiro atoms. The van der Waals surface area contributed by atoms with Crippen molar-refractivity contribution in [2.75, 3.05) is 20.1 Å². The number of amides is 2. The zero-order valence-electron chi connectivity index (χ0n) is 14.5. The van der Waals surface area contributed by atoms with E-state index in [2.05, 4.69) is 10.6 Å². The lowest BCUT2D eigenvalue weighted by molar-refractivity contribution is -0.137. The Hall–Kier alpha value is -0.810. The summed E-state index contributed by atoms with van der Waals surface area (Å²) >= 11 is 0. The van der Waals surface area contributed by atoms with E-state index in [4.69, 9.17) is 0 Å². The number of rotatable bonds is 5. The second-order valence-electron chi connectivity index (χ2n) is 6.89. The van der Waals surface area contributed by atoms with Crippen LogP contribution in [-0.4, -0.2) is 48.9 Å². The van der Waals surface area contributed by atoms with Crippen LogP contribution in [0.15, 0.2) is 0 Å². The Morgan fingerprint density at radius 2 is 1.70 bits per heavy atom. The van der Waals surface area contributed by atoms with Gasteiger partial charge in [-0.05, 0) is 45.6 Å². The van der Waals surface area contributed by atoms with E-state index in [-0.39, 0.29) is 24.2 Å². The molecule has 2 fully saturated rings. The first-order valence-electron chi connectivity index (χ1n) is 8.85. The second-order valence-corrected chi connectivity index (χ2v) is 6.89. The van der Waals surface area contributed by atoms with Gasteiger partial charge >= 0.3 is 0 Å². The first-order chi connectivity index (χ1) is 10.6. The quantitative estimate of drug-likeness (QED) is 0.802. The van der Waals surface area contributed by atoms with Gasteiger partial charge < -0.3 is 15.5 Å². The molecule has 1 aliphatic carbocycles. The molecule has 6 heteroatoms. The Morgan fingerprint density at radius 1 is 1.09 bits per heavy atom. The van der Waals surface area contributed by atoms with Crippen molar-refractivity contribution < 1.29 is 9.59 Å². The molecule has 2 N–H and O–H groups in total. The predicted molar refractivity (Wildman–Crippen MR) is 94.7 cm³/mol. The molecule has 0 aromatic carbocycles. The maximum atomic E-state index is 12.4. The lowest BCUT2D eigenvalue weighted by Crippen LogP contribution is -2.51. The van der Waals surface area contributed by atoms with Gasteiger partial charge in [0.1, 0.15) is 6.04 Å². The number of nitrogens with one attached hydrogen (secondary N) is 2. The van der Waals surface area contributed by atoms with Gasteiger partial charge in [0.15, 0.2) is 0 Å². The van der Waals surface area contributed by atoms with Gasteiger partial charge in [0.25, 0.3) is 0 Å². The van der Waals surface area contributed by atoms with E-state index in [1.807, 2.05) is 18.9 Å². The zero-order valence-corrected chi connectivity index (χ0v) is 15.3. The van der Waals surface area contributed by atoms with E-state index >= 15 is 0 Å². The average molecular weight is 346 g/mol. The van der Waals surface area contributed by atoms with E-state index < -0.39 is 6.04 Å². The molecule has 2 rings (SSSR count). The van der Waals surface area contributed by atoms with Gasteiger partial charge in [-0.3, -0.25) is 9.59 Å². The number of carbonyl (C=O) groups is 2. The van der Waals surface area contributed by atoms with E-state index in [1.54, 1.807) is 0 Å². The van der Waals surface area contributed by atoms with Crippen LogP contribution in [0.5, 0.6) is 0 Å². The second kappa shape index (κ2) is 10.1. The molecule has 1 heterocycles. The molecule has 1 unspecified atom stereocenters. The van der Waals surface area contributed by atoms with Crippen molar-refractivity contribution in [3.8, 4) is 0 Å². The molecule has 0 bridgehead atoms. The van der Waals surface area contributed by atoms with Crippen LogP contribution in [0, 0.1) is 5.92 Å². The molecule has 134 valence electrons. The number of hydrogen-bond donors (Lipinski definition) is 2. The topological polar surface area (TPSA) is 61.4 Å². The smallest absolute Gasteiger partial charge is 0.244 e. The van der Waals surface area contributed by atoms with Crippen LogP contribution in [0.25, 0.3) is 0 Å². The molecule has 0 aromatic rings. The molecule has 1 atom stereocenters. The summed E-state index contributed by atoms with van der Waals surface area (Å²) in [7, 11) is 1.97. The Morgan fingerprint density at radius 3 is 2.26 bits per heavy atom. The Labute approximate surface area is 146 Å². The van der Waals surface area contributed by atoms with Gasteiger partial charge in [-0.15, -0.1) is 12.4 Å². The van der Waals surface area contributed by atoms with E-state index in [9.17, 15) is 9.59 Å². The van der Waals surface area contributed by atoms with Gasteiger partial charge in [-0.1, -0.05) is 19.3 Å². The van der Waals surface area contributed by atoms with Crippen molar-refractivity contribution in [1.29, 1.82) is 0 Å². The predicted octanol–water partition coefficient (Wildman–Crippen LogP) is 2.09. The van der Waals surface area contributed by atoms with Crippen molar-refractivity contribution >= 4 is 24.2 Å². The summed E-state index contributed by atoms with van der Waals surface area (Å²) in [6.07, 6.45) is 8.67. The van der Waals surface area contributed by atoms with Crippen molar-refractivity contribution in [1.82, 2.24) is 15.5 Å². The number of hydrogen-bond acceptors (Lipinski definition) is 3. The molecule has 5 nitrogen and oxygen atoms in total. The standard InChI is InChI=1S/C17H31N3O2.ClH/c1-13(17(22)20-10-8-15(18-2)9-11-20)19-16(21)12-14-6-4-3-5-7-14;/h13-15,18H,3-12H2,1-2H3,(H,19,21);1H. The third-order valence-corrected chi connectivity index (χ3v) is 5.16. The molecule has 0 radical (unpaired) electrons. The Kier molecular flexibility index (Phi) is 8.92. The molecule has 2 aliphatic rings. The summed E-state index contributed by atoms with van der Waals surface area (Å²) < 4.78 is 0. The Bertz CT molecular complexity index is 378. The van der Waals surface area contributed by atoms with E-state index in [1.165, 1.54) is 19.3 Å². The van der Waals surface area contributed by atoms with Crippen molar-refractivity contribution in [2.24, 2.45) is 5.92 Å². The monoisotopic (exact) mass is 345 g/mol. The molecule has 1 saturated carbocycles. The molecular weight excluding hydrogens is 314 g/mol. The highest BCUT2D eigenvalue weighted by molar-refractivity contribution is 5.87. The van der Waals surface area contributed by atoms with Gasteiger partial charge in [0.05, 0.1) is 0 Å². The number of nitrogens with zero attached hydrogens (tertiary/aromatic N) is 1. The number of piperidine rings is 1. The molecule has 23 heavy (non-hydrogen) atoms. The third kappa shape index (κ3) is 6.30. The summed E-state index contributed by atoms with van der Waals surface area (Å²) in [5.41, 5.74) is 0. The number of halogens is 1. The van der Waals surface area contributed by atoms with Crippen LogP contribution in [0.3, 0.4) is 0 Å². The SMILES string of the molecule is CNC1CCN(C(=O)C(C)NC(=O)CC2CCCCC2)CC1.Cl. The van der Waals surface area contributed by atoms with Crippen molar-refractivity contribution in [3.05, 3.63) is 0 Å². The molecule has 1 saturated heterocycles. The van der Waals surface area contributed by atoms with E-state index in [0.29, 0.717) is 18.4 Å². The normalized spacial score (nSPS) is 21.4. The van der Waals surface area contributed by atoms with Gasteiger partial charge in [0.2, 0.25) is 11.8 Å². The highest BCUT2D eigenvalue weighted by Crippen LogP contribution is 2.26. The molecular formula is C17H32ClN3O2. The summed E-state index contributed by atoms with van der Waals surface area (Å²) in [4.78, 5) is 26.4. The maximum absolute atomic E-state index is 12.4. The van der Waals surface area contributed by atoms with Crippen LogP contribution < -0.4 is 10.6 Å². The minimum Gasteiger partial charge on any atom is -0.345 e. The van der Waals surface area contributed by atoms with Crippen LogP contribution in [-0.2, 0) is 9.59 Å². The fourth-order valence-electron chi connectivity index (χ4n) is 3.68. The van der Waals surface area contributed by atoms with Gasteiger partial charge in [-0.2, -0.15) is 0 Å². The third-order valence-electron chi connectivity index (χ3n) is 5.16. The summed E-state index contributed by atoms with van der Waals surface area (Å²) in [6, 6.07) is 0.113. The summed E-state index contributed by atoms with van der Waals surface area (Å²) in [6.45, 7) is 3.38. The molecule has 0 aromatic heterocycles. The van der Waals surface area contributed by atoms with Crippen LogP contribution in [0.4, 0.5) is 0 Å². The first-order valence-corrected chi connectivity index (χ1v) is 8.85. The largest absolute Gasteiger partial charge is 0.345 e. The van der Waals surface area contributed by atoms with E-state index in [0.717, 1.165) is 38.8 Å². The van der Waals surface area contributed by atoms with Crippen LogP contribution >= 0.6 is 12.4 Å². The fourth-order valence-corrected chi connectivity index (χ4v) is 3.68. The average Bonchev–Trinajstić information content (AvgIpc) is 2.55. The minimum atomic E-state index is -0.401. The number of likely N-dealkylation sites (tertiary alicyclic amines) is 1. The van der Waals surface area contributed by atoms with Crippen LogP contribution in [0.2, 0.25) is 0 Å². The highest BCUT2D eigenvalue weighted by atomic mass is 35.5. The van der Waals surface area contributed by atoms with Crippen molar-refractivity contribution in [2.45, 2.75) is 70.4 Å². The number of carbonyl (C=O) groups excluding carboxylic acids is 2. The molecule has 1 aliphatic heterocycles. The van der Waals surface area contributed by atoms with Gasteiger partial charge in [-0.25, -0.2) is 0 Å². The zero-order chi connectivity index (χ0) is 15.9. The maximum Gasteiger partial charge on any atom is 0.244 e. The Balaban J connectivity index is 0.00000264. The van der Waals surface area contributed by atoms with Crippen molar-refractivity contribution in [3.63, 3.8) is 0 Å². The minimum absolute atomic E-state index is 0. The fraction of sp³-hybridized carbons (Fsp3) is 0.882. The lowest BCUT2D eigenvalue weighted by atomic mass is 9.87. The van der Waals surface area contributed by atoms with Gasteiger partial charge in [0, 0.05) is 25.6 Å². The highest BCUT2D eigenvalue weighted by Gasteiger charge is 2.27. The first kappa shape index (κ1) is 20.2. The summed E-state index contributed by atoms with van der Waals surface area (Å²) in [5.74, 6) is 0.617. The summed E-state index contributed by atoms with van der Waals surface area (Å²) in [5, 5.41) is 6.17. The van der Waals surface area contributed by atoms with Crippen LogP contribution in [0.1, 0.15) is 58.3 Å².